The summed E-state index contributed by atoms with van der Waals surface area (Å²) in [6.07, 6.45) is 1.15. The van der Waals surface area contributed by atoms with Gasteiger partial charge < -0.3 is 5.32 Å². The molecule has 1 aromatic carbocycles. The molecule has 0 saturated heterocycles. The highest BCUT2D eigenvalue weighted by atomic mass is 14.9. The molecule has 0 aromatic heterocycles. The SMILES string of the molecule is CCNCC(C)(C)Cc1cc(C)ccc1C. The molecular formula is C15H25N. The Bertz CT molecular complexity index is 339. The predicted molar refractivity (Wildman–Crippen MR) is 71.9 cm³/mol. The average Bonchev–Trinajstić information content (AvgIpc) is 2.20. The third-order valence-electron chi connectivity index (χ3n) is 3.03. The molecule has 0 spiro atoms. The van der Waals surface area contributed by atoms with Crippen molar-refractivity contribution in [3.8, 4) is 0 Å². The normalized spacial score (nSPS) is 11.8. The predicted octanol–water partition coefficient (Wildman–Crippen LogP) is 3.48. The van der Waals surface area contributed by atoms with Gasteiger partial charge in [-0.15, -0.1) is 0 Å². The van der Waals surface area contributed by atoms with Gasteiger partial charge >= 0.3 is 0 Å². The Morgan fingerprint density at radius 3 is 2.50 bits per heavy atom. The van der Waals surface area contributed by atoms with Crippen molar-refractivity contribution in [3.63, 3.8) is 0 Å². The molecule has 90 valence electrons. The van der Waals surface area contributed by atoms with Gasteiger partial charge in [0.05, 0.1) is 0 Å². The molecule has 0 fully saturated rings. The minimum atomic E-state index is 0.328. The fraction of sp³-hybridized carbons (Fsp3) is 0.600. The first-order chi connectivity index (χ1) is 7.44. The summed E-state index contributed by atoms with van der Waals surface area (Å²) >= 11 is 0. The van der Waals surface area contributed by atoms with Crippen LogP contribution in [0.25, 0.3) is 0 Å². The first-order valence-corrected chi connectivity index (χ1v) is 6.21. The van der Waals surface area contributed by atoms with Gasteiger partial charge in [-0.2, -0.15) is 0 Å². The monoisotopic (exact) mass is 219 g/mol. The number of benzene rings is 1. The van der Waals surface area contributed by atoms with Crippen molar-refractivity contribution in [1.82, 2.24) is 5.32 Å². The van der Waals surface area contributed by atoms with E-state index in [1.807, 2.05) is 0 Å². The van der Waals surface area contributed by atoms with E-state index >= 15 is 0 Å². The summed E-state index contributed by atoms with van der Waals surface area (Å²) in [6, 6.07) is 6.74. The van der Waals surface area contributed by atoms with E-state index in [1.54, 1.807) is 0 Å². The van der Waals surface area contributed by atoms with Gasteiger partial charge in [0.15, 0.2) is 0 Å². The van der Waals surface area contributed by atoms with E-state index in [0.717, 1.165) is 19.5 Å². The van der Waals surface area contributed by atoms with Crippen LogP contribution >= 0.6 is 0 Å². The van der Waals surface area contributed by atoms with Crippen LogP contribution in [0.4, 0.5) is 0 Å². The highest BCUT2D eigenvalue weighted by molar-refractivity contribution is 5.31. The van der Waals surface area contributed by atoms with Gasteiger partial charge in [0, 0.05) is 6.54 Å². The van der Waals surface area contributed by atoms with Gasteiger partial charge in [0.1, 0.15) is 0 Å². The summed E-state index contributed by atoms with van der Waals surface area (Å²) in [5.74, 6) is 0. The van der Waals surface area contributed by atoms with Gasteiger partial charge in [-0.25, -0.2) is 0 Å². The van der Waals surface area contributed by atoms with Crippen LogP contribution in [0.1, 0.15) is 37.5 Å². The lowest BCUT2D eigenvalue weighted by molar-refractivity contribution is 0.341. The maximum atomic E-state index is 3.44. The topological polar surface area (TPSA) is 12.0 Å². The molecule has 1 N–H and O–H groups in total. The molecule has 0 atom stereocenters. The zero-order valence-electron chi connectivity index (χ0n) is 11.4. The van der Waals surface area contributed by atoms with Gasteiger partial charge in [-0.05, 0) is 43.4 Å². The lowest BCUT2D eigenvalue weighted by atomic mass is 9.84. The lowest BCUT2D eigenvalue weighted by Gasteiger charge is -2.26. The summed E-state index contributed by atoms with van der Waals surface area (Å²) in [6.45, 7) is 13.3. The molecule has 1 aromatic rings. The fourth-order valence-electron chi connectivity index (χ4n) is 2.03. The molecule has 0 saturated carbocycles. The second-order valence-corrected chi connectivity index (χ2v) is 5.55. The van der Waals surface area contributed by atoms with Gasteiger partial charge in [0.2, 0.25) is 0 Å². The molecule has 0 heterocycles. The van der Waals surface area contributed by atoms with Crippen LogP contribution in [-0.4, -0.2) is 13.1 Å². The Morgan fingerprint density at radius 2 is 1.88 bits per heavy atom. The smallest absolute Gasteiger partial charge is 0.000559 e. The first kappa shape index (κ1) is 13.2. The van der Waals surface area contributed by atoms with E-state index in [9.17, 15) is 0 Å². The van der Waals surface area contributed by atoms with Crippen molar-refractivity contribution in [2.24, 2.45) is 5.41 Å². The highest BCUT2D eigenvalue weighted by Crippen LogP contribution is 2.23. The number of hydrogen-bond donors (Lipinski definition) is 1. The van der Waals surface area contributed by atoms with E-state index in [4.69, 9.17) is 0 Å². The molecule has 0 unspecified atom stereocenters. The van der Waals surface area contributed by atoms with Crippen LogP contribution in [0.15, 0.2) is 18.2 Å². The maximum Gasteiger partial charge on any atom is 0.000559 e. The molecule has 0 aliphatic rings. The average molecular weight is 219 g/mol. The zero-order chi connectivity index (χ0) is 12.2. The molecule has 1 rings (SSSR count). The number of aryl methyl sites for hydroxylation is 2. The van der Waals surface area contributed by atoms with E-state index in [0.29, 0.717) is 5.41 Å². The second-order valence-electron chi connectivity index (χ2n) is 5.55. The zero-order valence-corrected chi connectivity index (χ0v) is 11.4. The van der Waals surface area contributed by atoms with Gasteiger partial charge in [-0.1, -0.05) is 44.5 Å². The molecule has 0 amide bonds. The first-order valence-electron chi connectivity index (χ1n) is 6.21. The minimum absolute atomic E-state index is 0.328. The molecule has 0 aliphatic carbocycles. The summed E-state index contributed by atoms with van der Waals surface area (Å²) in [7, 11) is 0. The largest absolute Gasteiger partial charge is 0.316 e. The highest BCUT2D eigenvalue weighted by Gasteiger charge is 2.18. The Morgan fingerprint density at radius 1 is 1.19 bits per heavy atom. The van der Waals surface area contributed by atoms with Crippen LogP contribution in [0.5, 0.6) is 0 Å². The van der Waals surface area contributed by atoms with E-state index in [2.05, 4.69) is 58.1 Å². The van der Waals surface area contributed by atoms with Crippen LogP contribution in [0.3, 0.4) is 0 Å². The summed E-state index contributed by atoms with van der Waals surface area (Å²) in [4.78, 5) is 0. The van der Waals surface area contributed by atoms with Crippen molar-refractivity contribution >= 4 is 0 Å². The molecule has 1 heteroatoms. The Hall–Kier alpha value is -0.820. The summed E-state index contributed by atoms with van der Waals surface area (Å²) in [5.41, 5.74) is 4.59. The Labute approximate surface area is 100 Å². The van der Waals surface area contributed by atoms with Gasteiger partial charge in [0.25, 0.3) is 0 Å². The van der Waals surface area contributed by atoms with E-state index in [-0.39, 0.29) is 0 Å². The minimum Gasteiger partial charge on any atom is -0.316 e. The Balaban J connectivity index is 2.74. The Kier molecular flexibility index (Phi) is 4.55. The molecule has 0 radical (unpaired) electrons. The summed E-state index contributed by atoms with van der Waals surface area (Å²) in [5, 5.41) is 3.44. The van der Waals surface area contributed by atoms with E-state index in [1.165, 1.54) is 16.7 Å². The standard InChI is InChI=1S/C15H25N/c1-6-16-11-15(4,5)10-14-9-12(2)7-8-13(14)3/h7-9,16H,6,10-11H2,1-5H3. The van der Waals surface area contributed by atoms with Gasteiger partial charge in [-0.3, -0.25) is 0 Å². The maximum absolute atomic E-state index is 3.44. The number of nitrogens with one attached hydrogen (secondary N) is 1. The second kappa shape index (κ2) is 5.49. The van der Waals surface area contributed by atoms with Crippen LogP contribution in [0.2, 0.25) is 0 Å². The van der Waals surface area contributed by atoms with Crippen molar-refractivity contribution in [2.45, 2.75) is 41.0 Å². The van der Waals surface area contributed by atoms with Crippen LogP contribution in [0, 0.1) is 19.3 Å². The third-order valence-corrected chi connectivity index (χ3v) is 3.03. The van der Waals surface area contributed by atoms with Crippen LogP contribution in [-0.2, 0) is 6.42 Å². The quantitative estimate of drug-likeness (QED) is 0.799. The molecule has 16 heavy (non-hydrogen) atoms. The fourth-order valence-corrected chi connectivity index (χ4v) is 2.03. The van der Waals surface area contributed by atoms with Crippen molar-refractivity contribution in [3.05, 3.63) is 34.9 Å². The van der Waals surface area contributed by atoms with E-state index < -0.39 is 0 Å². The molecular weight excluding hydrogens is 194 g/mol. The molecule has 0 bridgehead atoms. The molecule has 0 aliphatic heterocycles. The van der Waals surface area contributed by atoms with Crippen molar-refractivity contribution in [2.75, 3.05) is 13.1 Å². The summed E-state index contributed by atoms with van der Waals surface area (Å²) < 4.78 is 0. The third kappa shape index (κ3) is 3.97. The molecule has 1 nitrogen and oxygen atoms in total. The lowest BCUT2D eigenvalue weighted by Crippen LogP contribution is -2.31. The van der Waals surface area contributed by atoms with Crippen molar-refractivity contribution in [1.29, 1.82) is 0 Å². The number of rotatable bonds is 5. The number of hydrogen-bond acceptors (Lipinski definition) is 1. The van der Waals surface area contributed by atoms with Crippen LogP contribution < -0.4 is 5.32 Å². The van der Waals surface area contributed by atoms with Crippen molar-refractivity contribution < 1.29 is 0 Å².